The second kappa shape index (κ2) is 10.1. The summed E-state index contributed by atoms with van der Waals surface area (Å²) in [5.74, 6) is 1.62. The first kappa shape index (κ1) is 23.4. The van der Waals surface area contributed by atoms with Gasteiger partial charge in [0.1, 0.15) is 17.3 Å². The van der Waals surface area contributed by atoms with Crippen molar-refractivity contribution in [1.82, 2.24) is 4.98 Å². The summed E-state index contributed by atoms with van der Waals surface area (Å²) in [6.07, 6.45) is 4.79. The Morgan fingerprint density at radius 3 is 2.75 bits per heavy atom. The number of carbonyl (C=O) groups is 1. The van der Waals surface area contributed by atoms with Gasteiger partial charge in [0, 0.05) is 30.1 Å². The smallest absolute Gasteiger partial charge is 0.173 e. The minimum Gasteiger partial charge on any atom is -0.508 e. The van der Waals surface area contributed by atoms with E-state index in [0.717, 1.165) is 47.5 Å². The monoisotopic (exact) mass is 479 g/mol. The van der Waals surface area contributed by atoms with E-state index in [1.807, 2.05) is 37.3 Å². The largest absolute Gasteiger partial charge is 0.508 e. The van der Waals surface area contributed by atoms with Crippen LogP contribution in [-0.2, 0) is 19.3 Å². The Kier molecular flexibility index (Phi) is 6.58. The molecule has 1 aliphatic rings. The third kappa shape index (κ3) is 4.89. The van der Waals surface area contributed by atoms with Crippen molar-refractivity contribution in [3.63, 3.8) is 0 Å². The number of rotatable bonds is 7. The van der Waals surface area contributed by atoms with Crippen molar-refractivity contribution in [2.24, 2.45) is 0 Å². The zero-order valence-electron chi connectivity index (χ0n) is 20.5. The summed E-state index contributed by atoms with van der Waals surface area (Å²) < 4.78 is 5.47. The molecule has 6 heteroatoms. The number of benzene rings is 3. The highest BCUT2D eigenvalue weighted by molar-refractivity contribution is 6.09. The zero-order valence-corrected chi connectivity index (χ0v) is 20.5. The van der Waals surface area contributed by atoms with Crippen LogP contribution in [0.3, 0.4) is 0 Å². The van der Waals surface area contributed by atoms with Crippen LogP contribution < -0.4 is 15.4 Å². The summed E-state index contributed by atoms with van der Waals surface area (Å²) in [5, 5.41) is 16.6. The Morgan fingerprint density at radius 2 is 1.89 bits per heavy atom. The third-order valence-corrected chi connectivity index (χ3v) is 6.60. The van der Waals surface area contributed by atoms with Crippen LogP contribution in [0, 0.1) is 6.92 Å². The Bertz CT molecular complexity index is 1430. The Labute approximate surface area is 211 Å². The van der Waals surface area contributed by atoms with E-state index in [1.54, 1.807) is 31.5 Å². The molecule has 6 nitrogen and oxygen atoms in total. The number of ketones is 1. The zero-order chi connectivity index (χ0) is 25.1. The van der Waals surface area contributed by atoms with Crippen LogP contribution in [-0.4, -0.2) is 23.0 Å². The first-order valence-corrected chi connectivity index (χ1v) is 12.1. The fourth-order valence-corrected chi connectivity index (χ4v) is 4.68. The van der Waals surface area contributed by atoms with E-state index in [4.69, 9.17) is 4.74 Å². The van der Waals surface area contributed by atoms with E-state index < -0.39 is 0 Å². The van der Waals surface area contributed by atoms with Crippen molar-refractivity contribution >= 4 is 28.7 Å². The number of para-hydroxylation sites is 1. The van der Waals surface area contributed by atoms with Crippen LogP contribution in [0.15, 0.2) is 72.9 Å². The molecule has 182 valence electrons. The number of phenols is 1. The van der Waals surface area contributed by atoms with Crippen LogP contribution in [0.2, 0.25) is 0 Å². The summed E-state index contributed by atoms with van der Waals surface area (Å²) >= 11 is 0. The number of carbonyl (C=O) groups excluding carboxylic acids is 1. The van der Waals surface area contributed by atoms with Gasteiger partial charge < -0.3 is 20.5 Å². The van der Waals surface area contributed by atoms with Crippen molar-refractivity contribution < 1.29 is 14.6 Å². The molecule has 3 N–H and O–H groups in total. The lowest BCUT2D eigenvalue weighted by molar-refractivity contribution is 0.0995. The second-order valence-corrected chi connectivity index (χ2v) is 9.09. The number of nitrogens with zero attached hydrogens (tertiary/aromatic N) is 1. The van der Waals surface area contributed by atoms with Crippen molar-refractivity contribution in [2.45, 2.75) is 32.6 Å². The molecule has 0 saturated heterocycles. The quantitative estimate of drug-likeness (QED) is 0.280. The second-order valence-electron chi connectivity index (χ2n) is 9.09. The molecular weight excluding hydrogens is 450 g/mol. The molecule has 4 aromatic rings. The lowest BCUT2D eigenvalue weighted by atomic mass is 9.98. The van der Waals surface area contributed by atoms with Crippen molar-refractivity contribution in [3.8, 4) is 11.5 Å². The van der Waals surface area contributed by atoms with Gasteiger partial charge in [-0.25, -0.2) is 4.98 Å². The molecule has 0 unspecified atom stereocenters. The SMILES string of the molecule is COc1ccccc1CCCc1ccc2c(c1)CC(=O)c1c(Nc3cc(O)ccc3C)ccnc1N2. The van der Waals surface area contributed by atoms with E-state index >= 15 is 0 Å². The molecule has 0 radical (unpaired) electrons. The maximum absolute atomic E-state index is 13.4. The third-order valence-electron chi connectivity index (χ3n) is 6.60. The summed E-state index contributed by atoms with van der Waals surface area (Å²) in [4.78, 5) is 17.9. The number of fused-ring (bicyclic) bond motifs is 2. The molecule has 0 bridgehead atoms. The predicted octanol–water partition coefficient (Wildman–Crippen LogP) is 6.51. The van der Waals surface area contributed by atoms with Gasteiger partial charge in [0.25, 0.3) is 0 Å². The maximum Gasteiger partial charge on any atom is 0.173 e. The maximum atomic E-state index is 13.4. The Hall–Kier alpha value is -4.32. The molecule has 2 heterocycles. The van der Waals surface area contributed by atoms with E-state index in [0.29, 0.717) is 17.1 Å². The number of ether oxygens (including phenoxy) is 1. The van der Waals surface area contributed by atoms with Gasteiger partial charge in [0.15, 0.2) is 5.78 Å². The number of phenolic OH excluding ortho intramolecular Hbond substituents is 1. The molecule has 0 fully saturated rings. The predicted molar refractivity (Wildman–Crippen MR) is 143 cm³/mol. The van der Waals surface area contributed by atoms with Gasteiger partial charge in [-0.05, 0) is 72.7 Å². The number of nitrogens with one attached hydrogen (secondary N) is 2. The molecule has 1 aromatic heterocycles. The highest BCUT2D eigenvalue weighted by Crippen LogP contribution is 2.35. The van der Waals surface area contributed by atoms with Gasteiger partial charge in [0.2, 0.25) is 0 Å². The molecule has 0 atom stereocenters. The van der Waals surface area contributed by atoms with Gasteiger partial charge in [-0.3, -0.25) is 4.79 Å². The number of aryl methyl sites for hydroxylation is 3. The summed E-state index contributed by atoms with van der Waals surface area (Å²) in [6, 6.07) is 21.3. The molecule has 5 rings (SSSR count). The standard InChI is InChI=1S/C30H29N3O3/c1-19-10-12-23(34)18-26(19)32-25-14-15-31-30-29(25)27(35)17-22-16-20(11-13-24(22)33-30)6-5-8-21-7-3-4-9-28(21)36-2/h3-4,7,9-16,18,34H,5-6,8,17H2,1-2H3,(H2,31,32,33). The minimum atomic E-state index is -0.00386. The topological polar surface area (TPSA) is 83.5 Å². The van der Waals surface area contributed by atoms with Crippen LogP contribution in [0.5, 0.6) is 11.5 Å². The lowest BCUT2D eigenvalue weighted by Gasteiger charge is -2.15. The molecule has 1 aliphatic heterocycles. The van der Waals surface area contributed by atoms with Crippen LogP contribution in [0.25, 0.3) is 0 Å². The highest BCUT2D eigenvalue weighted by atomic mass is 16.5. The molecule has 36 heavy (non-hydrogen) atoms. The number of hydrogen-bond acceptors (Lipinski definition) is 6. The van der Waals surface area contributed by atoms with E-state index in [9.17, 15) is 9.90 Å². The number of pyridine rings is 1. The van der Waals surface area contributed by atoms with Crippen molar-refractivity contribution in [2.75, 3.05) is 17.7 Å². The fourth-order valence-electron chi connectivity index (χ4n) is 4.68. The summed E-state index contributed by atoms with van der Waals surface area (Å²) in [5.41, 5.74) is 7.16. The lowest BCUT2D eigenvalue weighted by Crippen LogP contribution is -2.08. The van der Waals surface area contributed by atoms with Crippen molar-refractivity contribution in [1.29, 1.82) is 0 Å². The fraction of sp³-hybridized carbons (Fsp3) is 0.200. The van der Waals surface area contributed by atoms with E-state index in [1.165, 1.54) is 11.1 Å². The number of anilines is 4. The van der Waals surface area contributed by atoms with Gasteiger partial charge in [-0.2, -0.15) is 0 Å². The van der Waals surface area contributed by atoms with E-state index in [-0.39, 0.29) is 18.0 Å². The first-order chi connectivity index (χ1) is 17.5. The molecule has 0 amide bonds. The number of aromatic nitrogens is 1. The number of hydrogen-bond donors (Lipinski definition) is 3. The van der Waals surface area contributed by atoms with Crippen molar-refractivity contribution in [3.05, 3.63) is 101 Å². The average Bonchev–Trinajstić information content (AvgIpc) is 3.02. The van der Waals surface area contributed by atoms with Gasteiger partial charge >= 0.3 is 0 Å². The van der Waals surface area contributed by atoms with Gasteiger partial charge in [-0.15, -0.1) is 0 Å². The summed E-state index contributed by atoms with van der Waals surface area (Å²) in [6.45, 7) is 1.95. The van der Waals surface area contributed by atoms with Crippen LogP contribution in [0.4, 0.5) is 22.9 Å². The molecule has 0 saturated carbocycles. The van der Waals surface area contributed by atoms with Gasteiger partial charge in [0.05, 0.1) is 18.4 Å². The highest BCUT2D eigenvalue weighted by Gasteiger charge is 2.24. The molecular formula is C30H29N3O3. The van der Waals surface area contributed by atoms with Crippen LogP contribution >= 0.6 is 0 Å². The number of aromatic hydroxyl groups is 1. The molecule has 0 spiro atoms. The van der Waals surface area contributed by atoms with Crippen LogP contribution in [0.1, 0.15) is 39.0 Å². The van der Waals surface area contributed by atoms with E-state index in [2.05, 4.69) is 33.8 Å². The Balaban J connectivity index is 1.35. The molecule has 3 aromatic carbocycles. The first-order valence-electron chi connectivity index (χ1n) is 12.1. The normalized spacial score (nSPS) is 12.2. The minimum absolute atomic E-state index is 0.00386. The Morgan fingerprint density at radius 1 is 1.03 bits per heavy atom. The number of methoxy groups -OCH3 is 1. The summed E-state index contributed by atoms with van der Waals surface area (Å²) in [7, 11) is 1.70. The average molecular weight is 480 g/mol. The number of Topliss-reactive ketones (excluding diaryl/α,β-unsaturated/α-hetero) is 1. The molecule has 0 aliphatic carbocycles. The van der Waals surface area contributed by atoms with Gasteiger partial charge in [-0.1, -0.05) is 36.4 Å².